The third-order valence-corrected chi connectivity index (χ3v) is 2.41. The first kappa shape index (κ1) is 13.8. The molecule has 0 heterocycles. The fourth-order valence-electron chi connectivity index (χ4n) is 0.520. The molecule has 84 valence electrons. The van der Waals surface area contributed by atoms with E-state index in [1.54, 1.807) is 6.92 Å². The Hall–Kier alpha value is -1.17. The molecule has 0 unspecified atom stereocenters. The molecule has 0 N–H and O–H groups in total. The number of rotatable bonds is 8. The first-order valence-corrected chi connectivity index (χ1v) is 5.33. The van der Waals surface area contributed by atoms with Crippen LogP contribution in [0.1, 0.15) is 6.92 Å². The second-order valence-corrected chi connectivity index (χ2v) is 3.55. The maximum atomic E-state index is 11.6. The van der Waals surface area contributed by atoms with Crippen LogP contribution >= 0.6 is 7.82 Å². The topological polar surface area (TPSA) is 63.2 Å². The van der Waals surface area contributed by atoms with Crippen LogP contribution in [0.3, 0.4) is 0 Å². The molecule has 15 heavy (non-hydrogen) atoms. The second kappa shape index (κ2) is 8.16. The van der Waals surface area contributed by atoms with E-state index in [2.05, 4.69) is 18.5 Å². The zero-order valence-electron chi connectivity index (χ0n) is 8.17. The predicted molar refractivity (Wildman–Crippen MR) is 51.0 cm³/mol. The molecule has 0 atom stereocenters. The van der Waals surface area contributed by atoms with Crippen LogP contribution in [0.15, 0.2) is 0 Å². The van der Waals surface area contributed by atoms with E-state index in [1.165, 1.54) is 0 Å². The Bertz CT molecular complexity index is 264. The molecule has 0 aromatic rings. The van der Waals surface area contributed by atoms with Crippen molar-refractivity contribution in [1.82, 2.24) is 0 Å². The lowest BCUT2D eigenvalue weighted by atomic mass is 10.9. The van der Waals surface area contributed by atoms with Crippen LogP contribution in [-0.4, -0.2) is 20.2 Å². The highest BCUT2D eigenvalue weighted by molar-refractivity contribution is 7.48. The number of hydrogen-bond acceptors (Lipinski definition) is 6. The van der Waals surface area contributed by atoms with E-state index in [0.717, 1.165) is 0 Å². The third-order valence-electron chi connectivity index (χ3n) is 0.993. The van der Waals surface area contributed by atoms with Gasteiger partial charge in [0, 0.05) is 0 Å². The van der Waals surface area contributed by atoms with Crippen molar-refractivity contribution in [3.8, 4) is 25.1 Å². The van der Waals surface area contributed by atoms with Crippen LogP contribution in [0.5, 0.6) is 0 Å². The maximum absolute atomic E-state index is 11.6. The first-order chi connectivity index (χ1) is 7.18. The van der Waals surface area contributed by atoms with Gasteiger partial charge in [0.15, 0.2) is 0 Å². The highest BCUT2D eigenvalue weighted by Crippen LogP contribution is 2.49. The van der Waals surface area contributed by atoms with E-state index in [1.807, 2.05) is 12.2 Å². The van der Waals surface area contributed by atoms with Crippen LogP contribution in [0.4, 0.5) is 0 Å². The molecular weight excluding hydrogens is 223 g/mol. The van der Waals surface area contributed by atoms with E-state index in [-0.39, 0.29) is 6.61 Å². The highest BCUT2D eigenvalue weighted by atomic mass is 31.2. The molecule has 0 aromatic carbocycles. The number of hydrogen-bond donors (Lipinski definition) is 0. The van der Waals surface area contributed by atoms with Gasteiger partial charge in [-0.3, -0.25) is 4.52 Å². The van der Waals surface area contributed by atoms with Gasteiger partial charge in [0.05, 0.1) is 6.61 Å². The summed E-state index contributed by atoms with van der Waals surface area (Å²) < 4.78 is 34.4. The zero-order chi connectivity index (χ0) is 11.6. The lowest BCUT2D eigenvalue weighted by Crippen LogP contribution is -2.04. The third kappa shape index (κ3) is 6.84. The maximum Gasteiger partial charge on any atom is 0.480 e. The second-order valence-electron chi connectivity index (χ2n) is 1.88. The zero-order valence-corrected chi connectivity index (χ0v) is 9.07. The van der Waals surface area contributed by atoms with E-state index in [0.29, 0.717) is 0 Å². The molecule has 0 aliphatic carbocycles. The minimum atomic E-state index is -3.72. The lowest BCUT2D eigenvalue weighted by Gasteiger charge is -2.15. The predicted octanol–water partition coefficient (Wildman–Crippen LogP) is 1.29. The Morgan fingerprint density at radius 1 is 1.07 bits per heavy atom. The molecule has 0 aliphatic rings. The molecule has 0 spiro atoms. The molecule has 0 aliphatic heterocycles. The molecule has 0 rings (SSSR count). The fraction of sp³-hybridized carbons (Fsp3) is 0.500. The van der Waals surface area contributed by atoms with Crippen molar-refractivity contribution >= 4 is 7.82 Å². The van der Waals surface area contributed by atoms with Gasteiger partial charge < -0.3 is 9.47 Å². The first-order valence-electron chi connectivity index (χ1n) is 3.87. The van der Waals surface area contributed by atoms with Crippen molar-refractivity contribution in [2.75, 3.05) is 20.2 Å². The summed E-state index contributed by atoms with van der Waals surface area (Å²) in [6, 6.07) is 0. The van der Waals surface area contributed by atoms with Gasteiger partial charge in [-0.2, -0.15) is 0 Å². The summed E-state index contributed by atoms with van der Waals surface area (Å²) in [6.07, 6.45) is 13.2. The van der Waals surface area contributed by atoms with Gasteiger partial charge in [-0.1, -0.05) is 12.8 Å². The molecular formula is C8H11O6P. The van der Waals surface area contributed by atoms with Gasteiger partial charge >= 0.3 is 7.82 Å². The highest BCUT2D eigenvalue weighted by Gasteiger charge is 2.26. The molecule has 0 fully saturated rings. The largest absolute Gasteiger partial charge is 0.480 e. The molecule has 0 radical (unpaired) electrons. The van der Waals surface area contributed by atoms with Gasteiger partial charge in [-0.15, -0.1) is 0 Å². The van der Waals surface area contributed by atoms with Crippen molar-refractivity contribution in [2.45, 2.75) is 6.92 Å². The summed E-state index contributed by atoms with van der Waals surface area (Å²) in [5.74, 6) is 0. The van der Waals surface area contributed by atoms with Gasteiger partial charge in [-0.25, -0.2) is 13.6 Å². The minimum absolute atomic E-state index is 0.128. The Labute approximate surface area is 88.4 Å². The van der Waals surface area contributed by atoms with Gasteiger partial charge in [0.1, 0.15) is 12.2 Å². The fourth-order valence-corrected chi connectivity index (χ4v) is 1.42. The molecule has 0 saturated carbocycles. The van der Waals surface area contributed by atoms with E-state index in [4.69, 9.17) is 17.4 Å². The normalized spacial score (nSPS) is 10.1. The summed E-state index contributed by atoms with van der Waals surface area (Å²) in [6.45, 7) is 0.917. The summed E-state index contributed by atoms with van der Waals surface area (Å²) in [5, 5.41) is 0. The summed E-state index contributed by atoms with van der Waals surface area (Å²) >= 11 is 0. The van der Waals surface area contributed by atoms with Crippen LogP contribution in [-0.2, 0) is 27.6 Å². The van der Waals surface area contributed by atoms with Gasteiger partial charge in [-0.05, 0) is 6.92 Å². The van der Waals surface area contributed by atoms with Crippen molar-refractivity contribution in [3.05, 3.63) is 0 Å². The van der Waals surface area contributed by atoms with E-state index in [9.17, 15) is 4.57 Å². The van der Waals surface area contributed by atoms with Crippen molar-refractivity contribution < 1.29 is 27.6 Å². The summed E-state index contributed by atoms with van der Waals surface area (Å²) in [7, 11) is -3.72. The Morgan fingerprint density at radius 2 is 1.53 bits per heavy atom. The standard InChI is InChI=1S/C8H11O6P/c1-4-10-7-13-15(9,12-6-3)14-8-11-5-2/h1-2H,6-8H2,3H3. The average molecular weight is 234 g/mol. The SMILES string of the molecule is C#COCOP(=O)(OCC)OCOC#C. The van der Waals surface area contributed by atoms with Crippen molar-refractivity contribution in [3.63, 3.8) is 0 Å². The summed E-state index contributed by atoms with van der Waals surface area (Å²) in [4.78, 5) is 0. The quantitative estimate of drug-likeness (QED) is 0.273. The van der Waals surface area contributed by atoms with Gasteiger partial charge in [0.25, 0.3) is 0 Å². The van der Waals surface area contributed by atoms with Crippen molar-refractivity contribution in [1.29, 1.82) is 0 Å². The molecule has 7 heteroatoms. The minimum Gasteiger partial charge on any atom is -0.417 e. The molecule has 0 amide bonds. The molecule has 0 aromatic heterocycles. The molecule has 6 nitrogen and oxygen atoms in total. The summed E-state index contributed by atoms with van der Waals surface area (Å²) in [5.41, 5.74) is 0. The van der Waals surface area contributed by atoms with Crippen LogP contribution in [0.25, 0.3) is 0 Å². The Morgan fingerprint density at radius 3 is 1.87 bits per heavy atom. The van der Waals surface area contributed by atoms with Crippen molar-refractivity contribution in [2.24, 2.45) is 0 Å². The van der Waals surface area contributed by atoms with E-state index < -0.39 is 21.4 Å². The lowest BCUT2D eigenvalue weighted by molar-refractivity contribution is 0.00436. The average Bonchev–Trinajstić information content (AvgIpc) is 2.19. The number of phosphoric ester groups is 1. The molecule has 0 bridgehead atoms. The monoisotopic (exact) mass is 234 g/mol. The Balaban J connectivity index is 4.03. The molecule has 0 saturated heterocycles. The van der Waals surface area contributed by atoms with Crippen LogP contribution in [0.2, 0.25) is 0 Å². The van der Waals surface area contributed by atoms with E-state index >= 15 is 0 Å². The number of terminal acetylenes is 2. The smallest absolute Gasteiger partial charge is 0.417 e. The number of ether oxygens (including phenoxy) is 2. The van der Waals surface area contributed by atoms with Gasteiger partial charge in [0.2, 0.25) is 13.6 Å². The Kier molecular flexibility index (Phi) is 7.53. The van der Waals surface area contributed by atoms with Crippen LogP contribution < -0.4 is 0 Å². The van der Waals surface area contributed by atoms with Crippen LogP contribution in [0, 0.1) is 25.1 Å². The number of phosphoric acid groups is 1.